The van der Waals surface area contributed by atoms with Gasteiger partial charge in [0, 0.05) is 22.5 Å². The lowest BCUT2D eigenvalue weighted by Crippen LogP contribution is -2.45. The molecule has 2 rings (SSSR count). The van der Waals surface area contributed by atoms with Gasteiger partial charge < -0.3 is 5.11 Å². The predicted molar refractivity (Wildman–Crippen MR) is 94.4 cm³/mol. The van der Waals surface area contributed by atoms with E-state index in [-0.39, 0.29) is 11.8 Å². The molecular formula is C19H20ClNO3. The van der Waals surface area contributed by atoms with Crippen molar-refractivity contribution < 1.29 is 14.7 Å². The molecule has 4 nitrogen and oxygen atoms in total. The van der Waals surface area contributed by atoms with Crippen LogP contribution >= 0.6 is 11.6 Å². The van der Waals surface area contributed by atoms with Crippen molar-refractivity contribution in [2.24, 2.45) is 5.92 Å². The van der Waals surface area contributed by atoms with Gasteiger partial charge in [-0.1, -0.05) is 48.9 Å². The molecule has 2 aromatic carbocycles. The number of benzene rings is 2. The Bertz CT molecular complexity index is 700. The van der Waals surface area contributed by atoms with Gasteiger partial charge in [0.05, 0.1) is 0 Å². The van der Waals surface area contributed by atoms with Gasteiger partial charge in [-0.15, -0.1) is 0 Å². The average Bonchev–Trinajstić information content (AvgIpc) is 2.59. The summed E-state index contributed by atoms with van der Waals surface area (Å²) in [5.74, 6) is -1.99. The standard InChI is InChI=1S/C19H20ClNO3/c1-12(18(22)15-8-10-16(20)11-9-15)17(19(23)24)21-13(2)14-6-4-3-5-7-14/h3-13,17,21H,1-2H3,(H,23,24)/t12?,13-,17?/m0/s1. The summed E-state index contributed by atoms with van der Waals surface area (Å²) in [6.45, 7) is 3.51. The second-order valence-electron chi connectivity index (χ2n) is 5.77. The minimum Gasteiger partial charge on any atom is -0.480 e. The minimum atomic E-state index is -1.05. The van der Waals surface area contributed by atoms with E-state index in [9.17, 15) is 14.7 Å². The molecule has 0 fully saturated rings. The largest absolute Gasteiger partial charge is 0.480 e. The third kappa shape index (κ3) is 4.43. The van der Waals surface area contributed by atoms with E-state index in [0.29, 0.717) is 10.6 Å². The van der Waals surface area contributed by atoms with E-state index in [4.69, 9.17) is 11.6 Å². The van der Waals surface area contributed by atoms with Crippen molar-refractivity contribution in [2.45, 2.75) is 25.9 Å². The van der Waals surface area contributed by atoms with Gasteiger partial charge in [0.25, 0.3) is 0 Å². The zero-order chi connectivity index (χ0) is 17.7. The van der Waals surface area contributed by atoms with Gasteiger partial charge in [0.1, 0.15) is 6.04 Å². The fourth-order valence-electron chi connectivity index (χ4n) is 2.57. The topological polar surface area (TPSA) is 66.4 Å². The fourth-order valence-corrected chi connectivity index (χ4v) is 2.69. The highest BCUT2D eigenvalue weighted by molar-refractivity contribution is 6.30. The quantitative estimate of drug-likeness (QED) is 0.745. The SMILES string of the molecule is CC(C(=O)c1ccc(Cl)cc1)C(N[C@@H](C)c1ccccc1)C(=O)O. The summed E-state index contributed by atoms with van der Waals surface area (Å²) in [4.78, 5) is 24.2. The molecule has 0 saturated heterocycles. The Kier molecular flexibility index (Phi) is 6.12. The summed E-state index contributed by atoms with van der Waals surface area (Å²) in [6.07, 6.45) is 0. The first kappa shape index (κ1) is 18.2. The van der Waals surface area contributed by atoms with Gasteiger partial charge >= 0.3 is 5.97 Å². The maximum atomic E-state index is 12.6. The second kappa shape index (κ2) is 8.08. The van der Waals surface area contributed by atoms with Crippen LogP contribution in [0.15, 0.2) is 54.6 Å². The lowest BCUT2D eigenvalue weighted by molar-refractivity contribution is -0.140. The number of carbonyl (C=O) groups excluding carboxylic acids is 1. The predicted octanol–water partition coefficient (Wildman–Crippen LogP) is 3.96. The number of carboxylic acids is 1. The first-order chi connectivity index (χ1) is 11.4. The molecule has 0 radical (unpaired) electrons. The van der Waals surface area contributed by atoms with Crippen molar-refractivity contribution in [3.63, 3.8) is 0 Å². The van der Waals surface area contributed by atoms with Crippen LogP contribution in [0.4, 0.5) is 0 Å². The van der Waals surface area contributed by atoms with Crippen LogP contribution in [0.1, 0.15) is 35.8 Å². The molecule has 0 saturated carbocycles. The summed E-state index contributed by atoms with van der Waals surface area (Å²) in [6, 6.07) is 14.8. The van der Waals surface area contributed by atoms with E-state index >= 15 is 0 Å². The lowest BCUT2D eigenvalue weighted by Gasteiger charge is -2.25. The molecule has 5 heteroatoms. The number of hydrogen-bond acceptors (Lipinski definition) is 3. The number of Topliss-reactive ketones (excluding diaryl/α,β-unsaturated/α-hetero) is 1. The number of hydrogen-bond donors (Lipinski definition) is 2. The molecule has 0 amide bonds. The maximum Gasteiger partial charge on any atom is 0.321 e. The third-order valence-electron chi connectivity index (χ3n) is 4.04. The third-order valence-corrected chi connectivity index (χ3v) is 4.29. The number of nitrogens with one attached hydrogen (secondary N) is 1. The van der Waals surface area contributed by atoms with Crippen LogP contribution in [0.5, 0.6) is 0 Å². The first-order valence-corrected chi connectivity index (χ1v) is 8.11. The molecule has 2 N–H and O–H groups in total. The van der Waals surface area contributed by atoms with Crippen LogP contribution in [-0.2, 0) is 4.79 Å². The smallest absolute Gasteiger partial charge is 0.321 e. The minimum absolute atomic E-state index is 0.187. The molecule has 2 unspecified atom stereocenters. The summed E-state index contributed by atoms with van der Waals surface area (Å²) in [5.41, 5.74) is 1.42. The summed E-state index contributed by atoms with van der Waals surface area (Å²) in [5, 5.41) is 13.1. The van der Waals surface area contributed by atoms with Crippen molar-refractivity contribution in [1.82, 2.24) is 5.32 Å². The highest BCUT2D eigenvalue weighted by atomic mass is 35.5. The highest BCUT2D eigenvalue weighted by Crippen LogP contribution is 2.19. The Morgan fingerprint density at radius 3 is 2.12 bits per heavy atom. The highest BCUT2D eigenvalue weighted by Gasteiger charge is 2.31. The van der Waals surface area contributed by atoms with Crippen molar-refractivity contribution >= 4 is 23.4 Å². The van der Waals surface area contributed by atoms with E-state index in [1.807, 2.05) is 37.3 Å². The molecule has 0 spiro atoms. The van der Waals surface area contributed by atoms with Gasteiger partial charge in [-0.05, 0) is 36.8 Å². The molecule has 0 aromatic heterocycles. The number of ketones is 1. The lowest BCUT2D eigenvalue weighted by atomic mass is 9.91. The molecule has 3 atom stereocenters. The summed E-state index contributed by atoms with van der Waals surface area (Å²) < 4.78 is 0. The van der Waals surface area contributed by atoms with Crippen molar-refractivity contribution in [2.75, 3.05) is 0 Å². The van der Waals surface area contributed by atoms with E-state index in [1.54, 1.807) is 31.2 Å². The monoisotopic (exact) mass is 345 g/mol. The van der Waals surface area contributed by atoms with Gasteiger partial charge in [-0.2, -0.15) is 0 Å². The molecule has 0 heterocycles. The number of aliphatic carboxylic acids is 1. The van der Waals surface area contributed by atoms with E-state index in [0.717, 1.165) is 5.56 Å². The van der Waals surface area contributed by atoms with Gasteiger partial charge in [0.2, 0.25) is 0 Å². The summed E-state index contributed by atoms with van der Waals surface area (Å²) >= 11 is 5.83. The van der Waals surface area contributed by atoms with Gasteiger partial charge in [-0.25, -0.2) is 0 Å². The number of halogens is 1. The molecule has 126 valence electrons. The molecule has 0 aliphatic rings. The Hall–Kier alpha value is -2.17. The second-order valence-corrected chi connectivity index (χ2v) is 6.21. The molecule has 0 aliphatic carbocycles. The summed E-state index contributed by atoms with van der Waals surface area (Å²) in [7, 11) is 0. The van der Waals surface area contributed by atoms with Crippen molar-refractivity contribution in [1.29, 1.82) is 0 Å². The maximum absolute atomic E-state index is 12.6. The Balaban J connectivity index is 2.15. The van der Waals surface area contributed by atoms with Crippen LogP contribution in [0, 0.1) is 5.92 Å². The van der Waals surface area contributed by atoms with Crippen LogP contribution in [-0.4, -0.2) is 22.9 Å². The number of rotatable bonds is 7. The normalized spacial score (nSPS) is 14.6. The Morgan fingerprint density at radius 2 is 1.58 bits per heavy atom. The Labute approximate surface area is 146 Å². The van der Waals surface area contributed by atoms with Crippen LogP contribution < -0.4 is 5.32 Å². The zero-order valence-electron chi connectivity index (χ0n) is 13.6. The van der Waals surface area contributed by atoms with Gasteiger partial charge in [-0.3, -0.25) is 14.9 Å². The molecule has 0 aliphatic heterocycles. The molecule has 0 bridgehead atoms. The van der Waals surface area contributed by atoms with Gasteiger partial charge in [0.15, 0.2) is 5.78 Å². The van der Waals surface area contributed by atoms with E-state index in [1.165, 1.54) is 0 Å². The van der Waals surface area contributed by atoms with Crippen molar-refractivity contribution in [3.05, 3.63) is 70.7 Å². The fraction of sp³-hybridized carbons (Fsp3) is 0.263. The Morgan fingerprint density at radius 1 is 1.00 bits per heavy atom. The van der Waals surface area contributed by atoms with Crippen LogP contribution in [0.3, 0.4) is 0 Å². The zero-order valence-corrected chi connectivity index (χ0v) is 14.3. The first-order valence-electron chi connectivity index (χ1n) is 7.73. The molecule has 2 aromatic rings. The van der Waals surface area contributed by atoms with Crippen LogP contribution in [0.25, 0.3) is 0 Å². The molecule has 24 heavy (non-hydrogen) atoms. The van der Waals surface area contributed by atoms with Crippen molar-refractivity contribution in [3.8, 4) is 0 Å². The molecular weight excluding hydrogens is 326 g/mol. The van der Waals surface area contributed by atoms with E-state index in [2.05, 4.69) is 5.32 Å². The van der Waals surface area contributed by atoms with Crippen LogP contribution in [0.2, 0.25) is 5.02 Å². The average molecular weight is 346 g/mol. The van der Waals surface area contributed by atoms with E-state index < -0.39 is 17.9 Å². The number of carbonyl (C=O) groups is 2. The number of carboxylic acid groups (broad SMARTS) is 1.